The fraction of sp³-hybridized carbons (Fsp3) is 0.200. The number of nitrogens with one attached hydrogen (secondary N) is 1. The summed E-state index contributed by atoms with van der Waals surface area (Å²) < 4.78 is 27.0. The number of hydrogen-bond acceptors (Lipinski definition) is 5. The summed E-state index contributed by atoms with van der Waals surface area (Å²) in [5.74, 6) is -2.67. The summed E-state index contributed by atoms with van der Waals surface area (Å²) >= 11 is 0. The Bertz CT molecular complexity index is 627. The van der Waals surface area contributed by atoms with Gasteiger partial charge in [-0.1, -0.05) is 0 Å². The molecule has 0 spiro atoms. The van der Waals surface area contributed by atoms with E-state index in [-0.39, 0.29) is 17.3 Å². The molecule has 0 aliphatic carbocycles. The van der Waals surface area contributed by atoms with Crippen molar-refractivity contribution in [1.29, 1.82) is 0 Å². The van der Waals surface area contributed by atoms with Gasteiger partial charge in [0.05, 0.1) is 11.8 Å². The molecule has 7 nitrogen and oxygen atoms in total. The molecule has 1 aromatic heterocycles. The second-order valence-electron chi connectivity index (χ2n) is 3.71. The lowest BCUT2D eigenvalue weighted by molar-refractivity contribution is 0.0659. The summed E-state index contributed by atoms with van der Waals surface area (Å²) in [6.07, 6.45) is 1.36. The SMILES string of the molecule is O=C(O)c1ccc(C(=O)NC2C=CS(=O)(=O)C2)o1. The molecule has 18 heavy (non-hydrogen) atoms. The lowest BCUT2D eigenvalue weighted by atomic mass is 10.3. The standard InChI is InChI=1S/C10H9NO6S/c12-9(7-1-2-8(17-7)10(13)14)11-6-3-4-18(15,16)5-6/h1-4,6H,5H2,(H,11,12)(H,13,14). The summed E-state index contributed by atoms with van der Waals surface area (Å²) in [5.41, 5.74) is 0. The third-order valence-electron chi connectivity index (χ3n) is 2.29. The van der Waals surface area contributed by atoms with E-state index < -0.39 is 27.8 Å². The van der Waals surface area contributed by atoms with Gasteiger partial charge in [-0.25, -0.2) is 13.2 Å². The molecule has 1 unspecified atom stereocenters. The van der Waals surface area contributed by atoms with Crippen molar-refractivity contribution >= 4 is 21.7 Å². The first-order chi connectivity index (χ1) is 8.37. The van der Waals surface area contributed by atoms with Crippen molar-refractivity contribution in [3.63, 3.8) is 0 Å². The summed E-state index contributed by atoms with van der Waals surface area (Å²) in [6, 6.07) is 1.74. The molecule has 96 valence electrons. The van der Waals surface area contributed by atoms with Crippen LogP contribution >= 0.6 is 0 Å². The smallest absolute Gasteiger partial charge is 0.371 e. The maximum atomic E-state index is 11.6. The third kappa shape index (κ3) is 2.59. The average Bonchev–Trinajstić information content (AvgIpc) is 2.85. The lowest BCUT2D eigenvalue weighted by Gasteiger charge is -2.07. The van der Waals surface area contributed by atoms with Crippen molar-refractivity contribution in [1.82, 2.24) is 5.32 Å². The van der Waals surface area contributed by atoms with Crippen LogP contribution < -0.4 is 5.32 Å². The first-order valence-corrected chi connectivity index (χ1v) is 6.64. The van der Waals surface area contributed by atoms with Crippen molar-refractivity contribution in [2.24, 2.45) is 0 Å². The molecule has 1 aromatic rings. The number of furan rings is 1. The maximum Gasteiger partial charge on any atom is 0.371 e. The van der Waals surface area contributed by atoms with Gasteiger partial charge in [-0.05, 0) is 18.2 Å². The fourth-order valence-electron chi connectivity index (χ4n) is 1.48. The summed E-state index contributed by atoms with van der Waals surface area (Å²) in [6.45, 7) is 0. The highest BCUT2D eigenvalue weighted by molar-refractivity contribution is 7.94. The summed E-state index contributed by atoms with van der Waals surface area (Å²) in [4.78, 5) is 22.2. The Morgan fingerprint density at radius 1 is 1.33 bits per heavy atom. The minimum absolute atomic E-state index is 0.176. The highest BCUT2D eigenvalue weighted by atomic mass is 32.2. The van der Waals surface area contributed by atoms with Gasteiger partial charge in [0.1, 0.15) is 0 Å². The second kappa shape index (κ2) is 4.30. The van der Waals surface area contributed by atoms with E-state index in [1.807, 2.05) is 0 Å². The number of sulfone groups is 1. The highest BCUT2D eigenvalue weighted by Crippen LogP contribution is 2.11. The predicted octanol–water partition coefficient (Wildman–Crippen LogP) is 0.0183. The van der Waals surface area contributed by atoms with E-state index in [1.54, 1.807) is 0 Å². The monoisotopic (exact) mass is 271 g/mol. The van der Waals surface area contributed by atoms with Gasteiger partial charge in [0.15, 0.2) is 15.6 Å². The van der Waals surface area contributed by atoms with Crippen LogP contribution in [0.2, 0.25) is 0 Å². The van der Waals surface area contributed by atoms with E-state index in [0.29, 0.717) is 0 Å². The van der Waals surface area contributed by atoms with Gasteiger partial charge < -0.3 is 14.8 Å². The normalized spacial score (nSPS) is 20.8. The number of carboxylic acid groups (broad SMARTS) is 1. The zero-order chi connectivity index (χ0) is 13.3. The Labute approximate surface area is 102 Å². The lowest BCUT2D eigenvalue weighted by Crippen LogP contribution is -2.35. The number of carboxylic acids is 1. The van der Waals surface area contributed by atoms with Crippen molar-refractivity contribution in [2.45, 2.75) is 6.04 Å². The molecule has 0 bridgehead atoms. The molecule has 0 saturated heterocycles. The maximum absolute atomic E-state index is 11.6. The Morgan fingerprint density at radius 3 is 2.50 bits per heavy atom. The molecule has 0 radical (unpaired) electrons. The molecule has 8 heteroatoms. The van der Waals surface area contributed by atoms with Gasteiger partial charge in [-0.15, -0.1) is 0 Å². The Kier molecular flexibility index (Phi) is 2.95. The van der Waals surface area contributed by atoms with Gasteiger partial charge in [0.25, 0.3) is 5.91 Å². The van der Waals surface area contributed by atoms with Crippen LogP contribution in [0.4, 0.5) is 0 Å². The van der Waals surface area contributed by atoms with Crippen LogP contribution in [0, 0.1) is 0 Å². The minimum Gasteiger partial charge on any atom is -0.475 e. The van der Waals surface area contributed by atoms with Crippen molar-refractivity contribution in [2.75, 3.05) is 5.75 Å². The van der Waals surface area contributed by atoms with E-state index in [9.17, 15) is 18.0 Å². The largest absolute Gasteiger partial charge is 0.475 e. The first kappa shape index (κ1) is 12.4. The Morgan fingerprint density at radius 2 is 2.00 bits per heavy atom. The number of aromatic carboxylic acids is 1. The van der Waals surface area contributed by atoms with E-state index in [1.165, 1.54) is 12.1 Å². The Hall–Kier alpha value is -2.09. The molecule has 0 fully saturated rings. The zero-order valence-corrected chi connectivity index (χ0v) is 9.81. The van der Waals surface area contributed by atoms with Crippen LogP contribution in [-0.4, -0.2) is 37.2 Å². The van der Waals surface area contributed by atoms with E-state index in [0.717, 1.165) is 11.5 Å². The van der Waals surface area contributed by atoms with Gasteiger partial charge in [-0.3, -0.25) is 4.79 Å². The molecule has 1 atom stereocenters. The molecule has 2 N–H and O–H groups in total. The minimum atomic E-state index is -3.25. The predicted molar refractivity (Wildman–Crippen MR) is 59.8 cm³/mol. The molecule has 2 heterocycles. The number of carbonyl (C=O) groups excluding carboxylic acids is 1. The van der Waals surface area contributed by atoms with Crippen LogP contribution in [-0.2, 0) is 9.84 Å². The number of hydrogen-bond donors (Lipinski definition) is 2. The zero-order valence-electron chi connectivity index (χ0n) is 8.99. The van der Waals surface area contributed by atoms with E-state index in [2.05, 4.69) is 5.32 Å². The van der Waals surface area contributed by atoms with Gasteiger partial charge in [-0.2, -0.15) is 0 Å². The average molecular weight is 271 g/mol. The molecular formula is C10H9NO6S. The topological polar surface area (TPSA) is 114 Å². The van der Waals surface area contributed by atoms with Crippen LogP contribution in [0.3, 0.4) is 0 Å². The second-order valence-corrected chi connectivity index (χ2v) is 5.64. The molecule has 0 aromatic carbocycles. The summed E-state index contributed by atoms with van der Waals surface area (Å²) in [5, 5.41) is 12.1. The number of rotatable bonds is 3. The van der Waals surface area contributed by atoms with Crippen molar-refractivity contribution in [3.05, 3.63) is 35.1 Å². The highest BCUT2D eigenvalue weighted by Gasteiger charge is 2.24. The van der Waals surface area contributed by atoms with Crippen LogP contribution in [0.25, 0.3) is 0 Å². The fourth-order valence-corrected chi connectivity index (χ4v) is 2.72. The molecule has 1 amide bonds. The third-order valence-corrected chi connectivity index (χ3v) is 3.68. The van der Waals surface area contributed by atoms with Crippen molar-refractivity contribution < 1.29 is 27.5 Å². The van der Waals surface area contributed by atoms with Crippen LogP contribution in [0.5, 0.6) is 0 Å². The first-order valence-electron chi connectivity index (χ1n) is 4.92. The Balaban J connectivity index is 2.04. The quantitative estimate of drug-likeness (QED) is 0.801. The molecule has 0 saturated carbocycles. The number of amides is 1. The van der Waals surface area contributed by atoms with E-state index >= 15 is 0 Å². The van der Waals surface area contributed by atoms with Crippen LogP contribution in [0.15, 0.2) is 28.0 Å². The molecule has 1 aliphatic heterocycles. The van der Waals surface area contributed by atoms with Gasteiger partial charge in [0, 0.05) is 5.41 Å². The van der Waals surface area contributed by atoms with E-state index in [4.69, 9.17) is 9.52 Å². The van der Waals surface area contributed by atoms with Gasteiger partial charge in [0.2, 0.25) is 5.76 Å². The number of carbonyl (C=O) groups is 2. The molecule has 2 rings (SSSR count). The molecule has 1 aliphatic rings. The summed E-state index contributed by atoms with van der Waals surface area (Å²) in [7, 11) is -3.25. The van der Waals surface area contributed by atoms with Crippen LogP contribution in [0.1, 0.15) is 21.1 Å². The van der Waals surface area contributed by atoms with Gasteiger partial charge >= 0.3 is 5.97 Å². The molecular weight excluding hydrogens is 262 g/mol. The van der Waals surface area contributed by atoms with Crippen molar-refractivity contribution in [3.8, 4) is 0 Å².